The largest absolute Gasteiger partial charge is 0.330 e. The zero-order chi connectivity index (χ0) is 12.8. The Hall–Kier alpha value is -1.49. The molecule has 94 valence electrons. The second kappa shape index (κ2) is 6.30. The molecule has 0 bridgehead atoms. The van der Waals surface area contributed by atoms with Gasteiger partial charge in [-0.3, -0.25) is 9.78 Å². The molecule has 5 heteroatoms. The maximum atomic E-state index is 12.9. The first kappa shape index (κ1) is 13.6. The first-order valence-electron chi connectivity index (χ1n) is 5.64. The molecule has 0 aliphatic rings. The minimum atomic E-state index is -0.476. The van der Waals surface area contributed by atoms with Gasteiger partial charge in [0.05, 0.1) is 24.0 Å². The van der Waals surface area contributed by atoms with E-state index in [1.807, 2.05) is 13.8 Å². The standard InChI is InChI=1S/C12H18FN3O/c1-8(2)3-9(5-14)12(17)16-11-4-10(13)6-15-7-11/h4,6-9H,3,5,14H2,1-2H3,(H,16,17). The van der Waals surface area contributed by atoms with Crippen molar-refractivity contribution < 1.29 is 9.18 Å². The van der Waals surface area contributed by atoms with Crippen molar-refractivity contribution in [2.24, 2.45) is 17.6 Å². The summed E-state index contributed by atoms with van der Waals surface area (Å²) in [5.41, 5.74) is 5.91. The summed E-state index contributed by atoms with van der Waals surface area (Å²) < 4.78 is 12.9. The lowest BCUT2D eigenvalue weighted by Crippen LogP contribution is -2.30. The molecule has 0 saturated heterocycles. The molecule has 0 aromatic carbocycles. The van der Waals surface area contributed by atoms with E-state index in [9.17, 15) is 9.18 Å². The van der Waals surface area contributed by atoms with Crippen molar-refractivity contribution in [1.29, 1.82) is 0 Å². The maximum absolute atomic E-state index is 12.9. The molecule has 0 fully saturated rings. The molecule has 1 atom stereocenters. The van der Waals surface area contributed by atoms with Gasteiger partial charge in [0.1, 0.15) is 5.82 Å². The van der Waals surface area contributed by atoms with Crippen molar-refractivity contribution in [3.63, 3.8) is 0 Å². The summed E-state index contributed by atoms with van der Waals surface area (Å²) in [7, 11) is 0. The van der Waals surface area contributed by atoms with Crippen LogP contribution in [-0.4, -0.2) is 17.4 Å². The van der Waals surface area contributed by atoms with Gasteiger partial charge in [-0.25, -0.2) is 4.39 Å². The molecule has 1 aromatic heterocycles. The topological polar surface area (TPSA) is 68.0 Å². The molecule has 1 unspecified atom stereocenters. The first-order chi connectivity index (χ1) is 8.02. The fourth-order valence-corrected chi connectivity index (χ4v) is 1.60. The average molecular weight is 239 g/mol. The van der Waals surface area contributed by atoms with Gasteiger partial charge in [0.2, 0.25) is 5.91 Å². The van der Waals surface area contributed by atoms with E-state index in [0.29, 0.717) is 18.0 Å². The van der Waals surface area contributed by atoms with Crippen molar-refractivity contribution >= 4 is 11.6 Å². The van der Waals surface area contributed by atoms with Gasteiger partial charge in [-0.15, -0.1) is 0 Å². The smallest absolute Gasteiger partial charge is 0.228 e. The van der Waals surface area contributed by atoms with Crippen LogP contribution in [0.5, 0.6) is 0 Å². The molecular weight excluding hydrogens is 221 g/mol. The Kier molecular flexibility index (Phi) is 5.03. The molecule has 1 rings (SSSR count). The molecule has 0 spiro atoms. The minimum absolute atomic E-state index is 0.186. The van der Waals surface area contributed by atoms with E-state index in [1.165, 1.54) is 12.3 Å². The van der Waals surface area contributed by atoms with Crippen LogP contribution in [0, 0.1) is 17.7 Å². The Labute approximate surface area is 100 Å². The number of pyridine rings is 1. The second-order valence-electron chi connectivity index (χ2n) is 4.44. The number of nitrogens with one attached hydrogen (secondary N) is 1. The third-order valence-electron chi connectivity index (χ3n) is 2.38. The number of rotatable bonds is 5. The van der Waals surface area contributed by atoms with Crippen molar-refractivity contribution in [2.45, 2.75) is 20.3 Å². The van der Waals surface area contributed by atoms with Gasteiger partial charge in [-0.05, 0) is 12.3 Å². The highest BCUT2D eigenvalue weighted by Crippen LogP contribution is 2.14. The van der Waals surface area contributed by atoms with Crippen LogP contribution < -0.4 is 11.1 Å². The highest BCUT2D eigenvalue weighted by molar-refractivity contribution is 5.92. The summed E-state index contributed by atoms with van der Waals surface area (Å²) in [6.07, 6.45) is 3.21. The zero-order valence-electron chi connectivity index (χ0n) is 10.1. The van der Waals surface area contributed by atoms with Crippen LogP contribution in [-0.2, 0) is 4.79 Å². The van der Waals surface area contributed by atoms with E-state index in [1.54, 1.807) is 0 Å². The number of hydrogen-bond acceptors (Lipinski definition) is 3. The van der Waals surface area contributed by atoms with Crippen LogP contribution in [0.1, 0.15) is 20.3 Å². The van der Waals surface area contributed by atoms with Crippen molar-refractivity contribution in [2.75, 3.05) is 11.9 Å². The zero-order valence-corrected chi connectivity index (χ0v) is 10.1. The molecule has 4 nitrogen and oxygen atoms in total. The molecule has 17 heavy (non-hydrogen) atoms. The molecule has 0 radical (unpaired) electrons. The number of carbonyl (C=O) groups excluding carboxylic acids is 1. The van der Waals surface area contributed by atoms with E-state index in [4.69, 9.17) is 5.73 Å². The summed E-state index contributed by atoms with van der Waals surface area (Å²) in [6, 6.07) is 1.23. The fraction of sp³-hybridized carbons (Fsp3) is 0.500. The predicted molar refractivity (Wildman–Crippen MR) is 64.8 cm³/mol. The molecule has 1 heterocycles. The molecule has 0 aliphatic carbocycles. The summed E-state index contributed by atoms with van der Waals surface area (Å²) in [6.45, 7) is 4.34. The Morgan fingerprint density at radius 1 is 1.53 bits per heavy atom. The van der Waals surface area contributed by atoms with Crippen LogP contribution in [0.25, 0.3) is 0 Å². The Morgan fingerprint density at radius 3 is 2.76 bits per heavy atom. The number of amides is 1. The van der Waals surface area contributed by atoms with Crippen molar-refractivity contribution in [3.05, 3.63) is 24.3 Å². The van der Waals surface area contributed by atoms with E-state index in [2.05, 4.69) is 10.3 Å². The number of nitrogens with zero attached hydrogens (tertiary/aromatic N) is 1. The van der Waals surface area contributed by atoms with Crippen LogP contribution in [0.4, 0.5) is 10.1 Å². The summed E-state index contributed by atoms with van der Waals surface area (Å²) in [5, 5.41) is 2.62. The van der Waals surface area contributed by atoms with E-state index >= 15 is 0 Å². The quantitative estimate of drug-likeness (QED) is 0.823. The Bertz CT molecular complexity index is 382. The number of halogens is 1. The lowest BCUT2D eigenvalue weighted by atomic mass is 9.96. The van der Waals surface area contributed by atoms with E-state index in [-0.39, 0.29) is 18.4 Å². The van der Waals surface area contributed by atoms with Crippen LogP contribution in [0.15, 0.2) is 18.5 Å². The lowest BCUT2D eigenvalue weighted by molar-refractivity contribution is -0.120. The molecule has 1 aromatic rings. The highest BCUT2D eigenvalue weighted by atomic mass is 19.1. The van der Waals surface area contributed by atoms with Crippen molar-refractivity contribution in [3.8, 4) is 0 Å². The number of anilines is 1. The second-order valence-corrected chi connectivity index (χ2v) is 4.44. The summed E-state index contributed by atoms with van der Waals surface area (Å²) >= 11 is 0. The van der Waals surface area contributed by atoms with Gasteiger partial charge in [0.15, 0.2) is 0 Å². The van der Waals surface area contributed by atoms with Crippen LogP contribution in [0.2, 0.25) is 0 Å². The van der Waals surface area contributed by atoms with Gasteiger partial charge in [-0.2, -0.15) is 0 Å². The average Bonchev–Trinajstić information content (AvgIpc) is 2.25. The fourth-order valence-electron chi connectivity index (χ4n) is 1.60. The highest BCUT2D eigenvalue weighted by Gasteiger charge is 2.18. The Morgan fingerprint density at radius 2 is 2.24 bits per heavy atom. The normalized spacial score (nSPS) is 12.5. The predicted octanol–water partition coefficient (Wildman–Crippen LogP) is 1.78. The number of nitrogens with two attached hydrogens (primary N) is 1. The number of carbonyl (C=O) groups is 1. The molecule has 3 N–H and O–H groups in total. The van der Waals surface area contributed by atoms with Crippen molar-refractivity contribution in [1.82, 2.24) is 4.98 Å². The van der Waals surface area contributed by atoms with Crippen LogP contribution in [0.3, 0.4) is 0 Å². The monoisotopic (exact) mass is 239 g/mol. The minimum Gasteiger partial charge on any atom is -0.330 e. The molecule has 0 aliphatic heterocycles. The summed E-state index contributed by atoms with van der Waals surface area (Å²) in [5.74, 6) is -0.525. The molecule has 1 amide bonds. The third-order valence-corrected chi connectivity index (χ3v) is 2.38. The van der Waals surface area contributed by atoms with E-state index < -0.39 is 5.82 Å². The SMILES string of the molecule is CC(C)CC(CN)C(=O)Nc1cncc(F)c1. The van der Waals surface area contributed by atoms with Gasteiger partial charge in [0.25, 0.3) is 0 Å². The maximum Gasteiger partial charge on any atom is 0.228 e. The van der Waals surface area contributed by atoms with Crippen LogP contribution >= 0.6 is 0 Å². The molecular formula is C12H18FN3O. The van der Waals surface area contributed by atoms with Gasteiger partial charge in [-0.1, -0.05) is 13.8 Å². The summed E-state index contributed by atoms with van der Waals surface area (Å²) in [4.78, 5) is 15.5. The molecule has 0 saturated carbocycles. The Balaban J connectivity index is 2.64. The van der Waals surface area contributed by atoms with Gasteiger partial charge >= 0.3 is 0 Å². The van der Waals surface area contributed by atoms with Gasteiger partial charge in [0, 0.05) is 12.6 Å². The van der Waals surface area contributed by atoms with E-state index in [0.717, 1.165) is 6.20 Å². The lowest BCUT2D eigenvalue weighted by Gasteiger charge is -2.16. The number of aromatic nitrogens is 1. The van der Waals surface area contributed by atoms with Gasteiger partial charge < -0.3 is 11.1 Å². The number of hydrogen-bond donors (Lipinski definition) is 2. The first-order valence-corrected chi connectivity index (χ1v) is 5.64. The third kappa shape index (κ3) is 4.48.